The average Bonchev–Trinajstić information content (AvgIpc) is 3.53. The Labute approximate surface area is 214 Å². The molecule has 1 saturated heterocycles. The van der Waals surface area contributed by atoms with Gasteiger partial charge in [-0.3, -0.25) is 14.5 Å². The fourth-order valence-corrected chi connectivity index (χ4v) is 5.17. The number of carbonyl (C=O) groups is 3. The molecule has 1 fully saturated rings. The first-order chi connectivity index (χ1) is 17.3. The van der Waals surface area contributed by atoms with Crippen LogP contribution in [0, 0.1) is 13.8 Å². The molecule has 3 aromatic rings. The topological polar surface area (TPSA) is 85.0 Å². The Hall–Kier alpha value is -3.72. The summed E-state index contributed by atoms with van der Waals surface area (Å²) in [6.07, 6.45) is 1.76. The van der Waals surface area contributed by atoms with Gasteiger partial charge in [0, 0.05) is 35.9 Å². The lowest BCUT2D eigenvalue weighted by atomic mass is 10.2. The summed E-state index contributed by atoms with van der Waals surface area (Å²) in [5.74, 6) is -0.666. The molecule has 9 heteroatoms. The fourth-order valence-electron chi connectivity index (χ4n) is 4.34. The molecule has 2 amide bonds. The summed E-state index contributed by atoms with van der Waals surface area (Å²) >= 11 is 0.894. The number of esters is 1. The van der Waals surface area contributed by atoms with Crippen molar-refractivity contribution >= 4 is 40.6 Å². The standard InChI is InChI=1S/C27H29N3O5S/c1-6-28(7-2)20-8-10-21(11-9-20)30-17(3)14-19(18(30)4)15-24-25(31)29(27(33)36-24)16-22-12-13-23(35-22)26(32)34-5/h8-15H,6-7,16H2,1-5H3/b24-15+. The SMILES string of the molecule is CCN(CC)c1ccc(-n2c(C)cc(/C=C3/SC(=O)N(Cc4ccc(C(=O)OC)o4)C3=O)c2C)cc1. The Morgan fingerprint density at radius 3 is 2.42 bits per heavy atom. The Morgan fingerprint density at radius 1 is 1.08 bits per heavy atom. The van der Waals surface area contributed by atoms with Gasteiger partial charge in [-0.25, -0.2) is 4.79 Å². The van der Waals surface area contributed by atoms with E-state index in [9.17, 15) is 14.4 Å². The van der Waals surface area contributed by atoms with Gasteiger partial charge in [-0.2, -0.15) is 0 Å². The molecule has 188 valence electrons. The van der Waals surface area contributed by atoms with Crippen molar-refractivity contribution in [2.45, 2.75) is 34.2 Å². The van der Waals surface area contributed by atoms with E-state index in [-0.39, 0.29) is 17.5 Å². The number of nitrogens with zero attached hydrogens (tertiary/aromatic N) is 3. The zero-order valence-corrected chi connectivity index (χ0v) is 21.8. The highest BCUT2D eigenvalue weighted by molar-refractivity contribution is 8.18. The fraction of sp³-hybridized carbons (Fsp3) is 0.296. The van der Waals surface area contributed by atoms with E-state index in [0.717, 1.165) is 52.4 Å². The molecule has 1 aliphatic rings. The summed E-state index contributed by atoms with van der Waals surface area (Å²) in [6, 6.07) is 13.4. The number of hydrogen-bond donors (Lipinski definition) is 0. The number of aryl methyl sites for hydroxylation is 1. The van der Waals surface area contributed by atoms with Crippen molar-refractivity contribution in [2.24, 2.45) is 0 Å². The molecule has 0 bridgehead atoms. The van der Waals surface area contributed by atoms with Gasteiger partial charge < -0.3 is 18.6 Å². The lowest BCUT2D eigenvalue weighted by Gasteiger charge is -2.21. The lowest BCUT2D eigenvalue weighted by Crippen LogP contribution is -2.27. The van der Waals surface area contributed by atoms with Gasteiger partial charge in [0.2, 0.25) is 5.76 Å². The van der Waals surface area contributed by atoms with E-state index in [1.165, 1.54) is 18.9 Å². The number of aromatic nitrogens is 1. The molecule has 0 aliphatic carbocycles. The number of methoxy groups -OCH3 is 1. The quantitative estimate of drug-likeness (QED) is 0.292. The van der Waals surface area contributed by atoms with Crippen molar-refractivity contribution in [1.82, 2.24) is 9.47 Å². The average molecular weight is 508 g/mol. The Kier molecular flexibility index (Phi) is 7.40. The van der Waals surface area contributed by atoms with E-state index in [2.05, 4.69) is 52.3 Å². The first-order valence-electron chi connectivity index (χ1n) is 11.7. The van der Waals surface area contributed by atoms with Gasteiger partial charge in [-0.05, 0) is 93.6 Å². The predicted octanol–water partition coefficient (Wildman–Crippen LogP) is 5.56. The van der Waals surface area contributed by atoms with E-state index in [4.69, 9.17) is 4.42 Å². The maximum atomic E-state index is 13.0. The van der Waals surface area contributed by atoms with Crippen molar-refractivity contribution in [2.75, 3.05) is 25.1 Å². The summed E-state index contributed by atoms with van der Waals surface area (Å²) in [6.45, 7) is 10.1. The van der Waals surface area contributed by atoms with Gasteiger partial charge in [-0.15, -0.1) is 0 Å². The molecule has 3 heterocycles. The molecule has 0 radical (unpaired) electrons. The molecular weight excluding hydrogens is 478 g/mol. The van der Waals surface area contributed by atoms with Gasteiger partial charge in [0.15, 0.2) is 0 Å². The van der Waals surface area contributed by atoms with E-state index in [0.29, 0.717) is 10.7 Å². The number of furan rings is 1. The third kappa shape index (κ3) is 4.83. The van der Waals surface area contributed by atoms with Crippen LogP contribution in [0.15, 0.2) is 51.8 Å². The highest BCUT2D eigenvalue weighted by Crippen LogP contribution is 2.35. The highest BCUT2D eigenvalue weighted by Gasteiger charge is 2.36. The molecule has 36 heavy (non-hydrogen) atoms. The second kappa shape index (κ2) is 10.5. The van der Waals surface area contributed by atoms with E-state index in [1.54, 1.807) is 12.1 Å². The number of benzene rings is 1. The third-order valence-corrected chi connectivity index (χ3v) is 7.14. The van der Waals surface area contributed by atoms with Crippen molar-refractivity contribution in [3.8, 4) is 5.69 Å². The van der Waals surface area contributed by atoms with Crippen LogP contribution in [0.2, 0.25) is 0 Å². The van der Waals surface area contributed by atoms with Crippen LogP contribution in [0.3, 0.4) is 0 Å². The summed E-state index contributed by atoms with van der Waals surface area (Å²) in [5, 5.41) is -0.386. The van der Waals surface area contributed by atoms with Crippen molar-refractivity contribution < 1.29 is 23.5 Å². The van der Waals surface area contributed by atoms with Crippen LogP contribution in [0.4, 0.5) is 10.5 Å². The number of anilines is 1. The Morgan fingerprint density at radius 2 is 1.78 bits per heavy atom. The van der Waals surface area contributed by atoms with Gasteiger partial charge in [0.1, 0.15) is 5.76 Å². The lowest BCUT2D eigenvalue weighted by molar-refractivity contribution is -0.123. The van der Waals surface area contributed by atoms with Crippen molar-refractivity contribution in [3.05, 3.63) is 75.8 Å². The van der Waals surface area contributed by atoms with Crippen LogP contribution < -0.4 is 4.90 Å². The van der Waals surface area contributed by atoms with Crippen LogP contribution in [-0.4, -0.2) is 46.8 Å². The Bertz CT molecular complexity index is 1330. The van der Waals surface area contributed by atoms with E-state index < -0.39 is 11.9 Å². The van der Waals surface area contributed by atoms with Crippen molar-refractivity contribution in [3.63, 3.8) is 0 Å². The third-order valence-electron chi connectivity index (χ3n) is 6.23. The van der Waals surface area contributed by atoms with Crippen LogP contribution in [0.1, 0.15) is 47.1 Å². The molecular formula is C27H29N3O5S. The minimum Gasteiger partial charge on any atom is -0.463 e. The monoisotopic (exact) mass is 507 g/mol. The van der Waals surface area contributed by atoms with Crippen LogP contribution in [0.5, 0.6) is 0 Å². The minimum atomic E-state index is -0.617. The zero-order valence-electron chi connectivity index (χ0n) is 21.0. The summed E-state index contributed by atoms with van der Waals surface area (Å²) < 4.78 is 12.2. The second-order valence-electron chi connectivity index (χ2n) is 8.38. The number of imide groups is 1. The van der Waals surface area contributed by atoms with Gasteiger partial charge >= 0.3 is 5.97 Å². The van der Waals surface area contributed by atoms with Crippen molar-refractivity contribution in [1.29, 1.82) is 0 Å². The molecule has 1 aromatic carbocycles. The van der Waals surface area contributed by atoms with Crippen LogP contribution >= 0.6 is 11.8 Å². The number of ether oxygens (including phenoxy) is 1. The predicted molar refractivity (Wildman–Crippen MR) is 140 cm³/mol. The number of rotatable bonds is 8. The van der Waals surface area contributed by atoms with Gasteiger partial charge in [0.05, 0.1) is 18.6 Å². The smallest absolute Gasteiger partial charge is 0.373 e. The molecule has 8 nitrogen and oxygen atoms in total. The van der Waals surface area contributed by atoms with Gasteiger partial charge in [-0.1, -0.05) is 0 Å². The number of amides is 2. The maximum Gasteiger partial charge on any atom is 0.373 e. The molecule has 4 rings (SSSR count). The largest absolute Gasteiger partial charge is 0.463 e. The molecule has 0 N–H and O–H groups in total. The molecule has 1 aliphatic heterocycles. The normalized spacial score (nSPS) is 14.7. The number of carbonyl (C=O) groups excluding carboxylic acids is 3. The second-order valence-corrected chi connectivity index (χ2v) is 9.37. The molecule has 0 saturated carbocycles. The molecule has 2 aromatic heterocycles. The highest BCUT2D eigenvalue weighted by atomic mass is 32.2. The summed E-state index contributed by atoms with van der Waals surface area (Å²) in [5.41, 5.74) is 5.09. The maximum absolute atomic E-state index is 13.0. The van der Waals surface area contributed by atoms with Crippen LogP contribution in [-0.2, 0) is 16.1 Å². The van der Waals surface area contributed by atoms with Crippen LogP contribution in [0.25, 0.3) is 11.8 Å². The summed E-state index contributed by atoms with van der Waals surface area (Å²) in [7, 11) is 1.25. The number of hydrogen-bond acceptors (Lipinski definition) is 7. The Balaban J connectivity index is 1.56. The minimum absolute atomic E-state index is 0.0209. The van der Waals surface area contributed by atoms with E-state index >= 15 is 0 Å². The van der Waals surface area contributed by atoms with E-state index in [1.807, 2.05) is 19.9 Å². The molecule has 0 spiro atoms. The molecule has 0 unspecified atom stereocenters. The zero-order chi connectivity index (χ0) is 26.0. The molecule has 0 atom stereocenters. The van der Waals surface area contributed by atoms with Gasteiger partial charge in [0.25, 0.3) is 11.1 Å². The number of thioether (sulfide) groups is 1. The first kappa shape index (κ1) is 25.4. The first-order valence-corrected chi connectivity index (χ1v) is 12.6. The summed E-state index contributed by atoms with van der Waals surface area (Å²) in [4.78, 5) is 41.0.